The Bertz CT molecular complexity index is 277. The Hall–Kier alpha value is -1.02. The van der Waals surface area contributed by atoms with Crippen molar-refractivity contribution < 1.29 is 5.11 Å². The second kappa shape index (κ2) is 4.47. The first-order valence-electron chi connectivity index (χ1n) is 5.33. The Morgan fingerprint density at radius 1 is 1.21 bits per heavy atom. The minimum absolute atomic E-state index is 0.341. The average Bonchev–Trinajstić information content (AvgIpc) is 2.12. The predicted octanol–water partition coefficient (Wildman–Crippen LogP) is 2.28. The summed E-state index contributed by atoms with van der Waals surface area (Å²) < 4.78 is 0. The summed E-state index contributed by atoms with van der Waals surface area (Å²) in [4.78, 5) is 0. The van der Waals surface area contributed by atoms with Crippen LogP contribution in [0.1, 0.15) is 24.8 Å². The molecule has 0 saturated heterocycles. The van der Waals surface area contributed by atoms with Gasteiger partial charge in [0, 0.05) is 6.54 Å². The highest BCUT2D eigenvalue weighted by molar-refractivity contribution is 5.25. The zero-order chi connectivity index (χ0) is 9.80. The van der Waals surface area contributed by atoms with Gasteiger partial charge in [0.2, 0.25) is 0 Å². The number of hydrogen-bond acceptors (Lipinski definition) is 2. The summed E-state index contributed by atoms with van der Waals surface area (Å²) in [6, 6.07) is 7.40. The first kappa shape index (κ1) is 9.53. The van der Waals surface area contributed by atoms with E-state index < -0.39 is 0 Å². The van der Waals surface area contributed by atoms with Crippen LogP contribution in [0.25, 0.3) is 0 Å². The van der Waals surface area contributed by atoms with Crippen LogP contribution in [0.2, 0.25) is 0 Å². The summed E-state index contributed by atoms with van der Waals surface area (Å²) in [6.45, 7) is 2.05. The summed E-state index contributed by atoms with van der Waals surface area (Å²) in [5.74, 6) is 1.25. The minimum Gasteiger partial charge on any atom is -0.508 e. The number of benzene rings is 1. The molecule has 2 N–H and O–H groups in total. The van der Waals surface area contributed by atoms with E-state index in [1.165, 1.54) is 24.8 Å². The van der Waals surface area contributed by atoms with Gasteiger partial charge in [0.15, 0.2) is 0 Å². The number of nitrogens with one attached hydrogen (secondary N) is 1. The van der Waals surface area contributed by atoms with Gasteiger partial charge in [0.1, 0.15) is 5.75 Å². The van der Waals surface area contributed by atoms with Gasteiger partial charge in [-0.3, -0.25) is 0 Å². The van der Waals surface area contributed by atoms with E-state index in [0.717, 1.165) is 19.0 Å². The monoisotopic (exact) mass is 191 g/mol. The van der Waals surface area contributed by atoms with Crippen molar-refractivity contribution in [3.8, 4) is 5.75 Å². The predicted molar refractivity (Wildman–Crippen MR) is 57.2 cm³/mol. The molecular formula is C12H17NO. The van der Waals surface area contributed by atoms with E-state index in [2.05, 4.69) is 5.32 Å². The molecule has 0 radical (unpaired) electrons. The van der Waals surface area contributed by atoms with Crippen LogP contribution in [0.4, 0.5) is 0 Å². The number of hydrogen-bond donors (Lipinski definition) is 2. The van der Waals surface area contributed by atoms with Crippen LogP contribution < -0.4 is 5.32 Å². The zero-order valence-electron chi connectivity index (χ0n) is 8.37. The molecule has 1 aliphatic rings. The molecule has 0 amide bonds. The van der Waals surface area contributed by atoms with Gasteiger partial charge >= 0.3 is 0 Å². The average molecular weight is 191 g/mol. The zero-order valence-corrected chi connectivity index (χ0v) is 8.37. The van der Waals surface area contributed by atoms with Crippen LogP contribution in [-0.4, -0.2) is 11.7 Å². The third-order valence-electron chi connectivity index (χ3n) is 2.92. The molecule has 2 rings (SSSR count). The Kier molecular flexibility index (Phi) is 3.04. The first-order valence-corrected chi connectivity index (χ1v) is 5.33. The molecule has 2 nitrogen and oxygen atoms in total. The lowest BCUT2D eigenvalue weighted by atomic mass is 9.85. The second-order valence-corrected chi connectivity index (χ2v) is 4.09. The van der Waals surface area contributed by atoms with Crippen molar-refractivity contribution in [2.75, 3.05) is 6.54 Å². The number of rotatable bonds is 4. The number of aromatic hydroxyl groups is 1. The van der Waals surface area contributed by atoms with Crippen molar-refractivity contribution in [2.45, 2.75) is 25.8 Å². The van der Waals surface area contributed by atoms with E-state index in [0.29, 0.717) is 5.75 Å². The highest BCUT2D eigenvalue weighted by Crippen LogP contribution is 2.25. The van der Waals surface area contributed by atoms with Gasteiger partial charge in [-0.05, 0) is 43.0 Å². The molecule has 14 heavy (non-hydrogen) atoms. The van der Waals surface area contributed by atoms with Crippen molar-refractivity contribution in [3.63, 3.8) is 0 Å². The highest BCUT2D eigenvalue weighted by Gasteiger charge is 2.16. The fourth-order valence-electron chi connectivity index (χ4n) is 1.73. The molecule has 0 aromatic heterocycles. The maximum absolute atomic E-state index is 9.10. The lowest BCUT2D eigenvalue weighted by Crippen LogP contribution is -2.26. The summed E-state index contributed by atoms with van der Waals surface area (Å²) >= 11 is 0. The highest BCUT2D eigenvalue weighted by atomic mass is 16.3. The Morgan fingerprint density at radius 2 is 1.93 bits per heavy atom. The molecule has 76 valence electrons. The maximum atomic E-state index is 9.10. The van der Waals surface area contributed by atoms with Crippen molar-refractivity contribution in [1.29, 1.82) is 0 Å². The summed E-state index contributed by atoms with van der Waals surface area (Å²) in [7, 11) is 0. The standard InChI is InChI=1S/C12H17NO/c14-12-6-4-11(5-7-12)9-13-8-10-2-1-3-10/h4-7,10,13-14H,1-3,8-9H2. The van der Waals surface area contributed by atoms with Gasteiger partial charge in [0.05, 0.1) is 0 Å². The summed E-state index contributed by atoms with van der Waals surface area (Å²) in [5.41, 5.74) is 1.24. The molecule has 0 spiro atoms. The van der Waals surface area contributed by atoms with Crippen LogP contribution in [0.15, 0.2) is 24.3 Å². The topological polar surface area (TPSA) is 32.3 Å². The second-order valence-electron chi connectivity index (χ2n) is 4.09. The molecule has 1 aromatic rings. The summed E-state index contributed by atoms with van der Waals surface area (Å²) in [6.07, 6.45) is 4.19. The third kappa shape index (κ3) is 2.48. The minimum atomic E-state index is 0.341. The Labute approximate surface area is 85.0 Å². The van der Waals surface area contributed by atoms with Crippen molar-refractivity contribution in [1.82, 2.24) is 5.32 Å². The molecule has 0 unspecified atom stereocenters. The van der Waals surface area contributed by atoms with Crippen LogP contribution in [0.3, 0.4) is 0 Å². The van der Waals surface area contributed by atoms with E-state index in [-0.39, 0.29) is 0 Å². The fourth-order valence-corrected chi connectivity index (χ4v) is 1.73. The Morgan fingerprint density at radius 3 is 2.50 bits per heavy atom. The van der Waals surface area contributed by atoms with Gasteiger partial charge < -0.3 is 10.4 Å². The van der Waals surface area contributed by atoms with Crippen LogP contribution >= 0.6 is 0 Å². The SMILES string of the molecule is Oc1ccc(CNCC2CCC2)cc1. The van der Waals surface area contributed by atoms with Crippen LogP contribution in [-0.2, 0) is 6.54 Å². The number of phenols is 1. The number of phenolic OH excluding ortho intramolecular Hbond substituents is 1. The molecule has 0 aliphatic heterocycles. The molecule has 1 aromatic carbocycles. The fraction of sp³-hybridized carbons (Fsp3) is 0.500. The lowest BCUT2D eigenvalue weighted by molar-refractivity contribution is 0.301. The van der Waals surface area contributed by atoms with E-state index in [4.69, 9.17) is 5.11 Å². The first-order chi connectivity index (χ1) is 6.84. The van der Waals surface area contributed by atoms with Crippen LogP contribution in [0.5, 0.6) is 5.75 Å². The molecule has 1 saturated carbocycles. The maximum Gasteiger partial charge on any atom is 0.115 e. The van der Waals surface area contributed by atoms with Crippen molar-refractivity contribution >= 4 is 0 Å². The van der Waals surface area contributed by atoms with E-state index in [1.807, 2.05) is 12.1 Å². The van der Waals surface area contributed by atoms with Gasteiger partial charge in [-0.1, -0.05) is 18.6 Å². The smallest absolute Gasteiger partial charge is 0.115 e. The van der Waals surface area contributed by atoms with Gasteiger partial charge in [-0.2, -0.15) is 0 Å². The lowest BCUT2D eigenvalue weighted by Gasteiger charge is -2.25. The van der Waals surface area contributed by atoms with Gasteiger partial charge in [-0.15, -0.1) is 0 Å². The van der Waals surface area contributed by atoms with Crippen molar-refractivity contribution in [2.24, 2.45) is 5.92 Å². The van der Waals surface area contributed by atoms with E-state index in [1.54, 1.807) is 12.1 Å². The van der Waals surface area contributed by atoms with Gasteiger partial charge in [-0.25, -0.2) is 0 Å². The van der Waals surface area contributed by atoms with Gasteiger partial charge in [0.25, 0.3) is 0 Å². The van der Waals surface area contributed by atoms with E-state index in [9.17, 15) is 0 Å². The third-order valence-corrected chi connectivity index (χ3v) is 2.92. The molecule has 0 heterocycles. The molecule has 1 fully saturated rings. The van der Waals surface area contributed by atoms with Crippen LogP contribution in [0, 0.1) is 5.92 Å². The largest absolute Gasteiger partial charge is 0.508 e. The molecule has 1 aliphatic carbocycles. The quantitative estimate of drug-likeness (QED) is 0.765. The summed E-state index contributed by atoms with van der Waals surface area (Å²) in [5, 5.41) is 12.5. The molecule has 0 bridgehead atoms. The molecule has 0 atom stereocenters. The Balaban J connectivity index is 1.71. The van der Waals surface area contributed by atoms with Crippen molar-refractivity contribution in [3.05, 3.63) is 29.8 Å². The molecular weight excluding hydrogens is 174 g/mol. The van der Waals surface area contributed by atoms with E-state index >= 15 is 0 Å². The molecule has 2 heteroatoms. The normalized spacial score (nSPS) is 16.6.